The van der Waals surface area contributed by atoms with Gasteiger partial charge < -0.3 is 10.1 Å². The lowest BCUT2D eigenvalue weighted by Gasteiger charge is -2.14. The van der Waals surface area contributed by atoms with Gasteiger partial charge >= 0.3 is 0 Å². The number of para-hydroxylation sites is 2. The Morgan fingerprint density at radius 2 is 1.92 bits per heavy atom. The molecular formula is C18H22N2O3S. The van der Waals surface area contributed by atoms with E-state index in [9.17, 15) is 10.1 Å². The van der Waals surface area contributed by atoms with Crippen LogP contribution < -0.4 is 10.1 Å². The van der Waals surface area contributed by atoms with Crippen molar-refractivity contribution in [3.63, 3.8) is 0 Å². The molecule has 24 heavy (non-hydrogen) atoms. The van der Waals surface area contributed by atoms with Crippen molar-refractivity contribution in [1.29, 1.82) is 0 Å². The third-order valence-corrected chi connectivity index (χ3v) is 4.97. The Labute approximate surface area is 146 Å². The highest BCUT2D eigenvalue weighted by molar-refractivity contribution is 7.99. The summed E-state index contributed by atoms with van der Waals surface area (Å²) in [5.74, 6) is 2.27. The van der Waals surface area contributed by atoms with Gasteiger partial charge in [0.2, 0.25) is 0 Å². The first-order valence-corrected chi connectivity index (χ1v) is 8.79. The van der Waals surface area contributed by atoms with Crippen molar-refractivity contribution >= 4 is 17.4 Å². The van der Waals surface area contributed by atoms with E-state index in [2.05, 4.69) is 18.3 Å². The molecule has 5 nitrogen and oxygen atoms in total. The molecule has 0 saturated carbocycles. The van der Waals surface area contributed by atoms with Crippen LogP contribution in [0.3, 0.4) is 0 Å². The molecule has 0 saturated heterocycles. The molecule has 1 N–H and O–H groups in total. The molecule has 128 valence electrons. The van der Waals surface area contributed by atoms with Gasteiger partial charge in [0.1, 0.15) is 5.75 Å². The fourth-order valence-electron chi connectivity index (χ4n) is 2.32. The predicted molar refractivity (Wildman–Crippen MR) is 97.7 cm³/mol. The van der Waals surface area contributed by atoms with Gasteiger partial charge in [0.25, 0.3) is 5.69 Å². The van der Waals surface area contributed by atoms with Crippen molar-refractivity contribution in [2.24, 2.45) is 5.92 Å². The number of thioether (sulfide) groups is 1. The lowest BCUT2D eigenvalue weighted by molar-refractivity contribution is -0.385. The Kier molecular flexibility index (Phi) is 7.08. The summed E-state index contributed by atoms with van der Waals surface area (Å²) < 4.78 is 5.35. The van der Waals surface area contributed by atoms with Crippen LogP contribution in [-0.4, -0.2) is 24.3 Å². The molecule has 1 atom stereocenters. The summed E-state index contributed by atoms with van der Waals surface area (Å²) in [6.07, 6.45) is 0. The number of nitrogens with one attached hydrogen (secondary N) is 1. The Balaban J connectivity index is 1.80. The molecular weight excluding hydrogens is 324 g/mol. The van der Waals surface area contributed by atoms with Crippen molar-refractivity contribution in [3.05, 3.63) is 64.2 Å². The smallest absolute Gasteiger partial charge is 0.273 e. The fourth-order valence-corrected chi connectivity index (χ4v) is 3.37. The zero-order chi connectivity index (χ0) is 17.4. The summed E-state index contributed by atoms with van der Waals surface area (Å²) in [4.78, 5) is 11.8. The largest absolute Gasteiger partial charge is 0.496 e. The van der Waals surface area contributed by atoms with Gasteiger partial charge in [-0.05, 0) is 24.6 Å². The van der Waals surface area contributed by atoms with Crippen molar-refractivity contribution in [1.82, 2.24) is 5.32 Å². The molecule has 0 fully saturated rings. The second-order valence-electron chi connectivity index (χ2n) is 5.58. The van der Waals surface area contributed by atoms with Gasteiger partial charge in [-0.2, -0.15) is 0 Å². The third-order valence-electron chi connectivity index (χ3n) is 3.59. The highest BCUT2D eigenvalue weighted by Gasteiger charge is 2.12. The summed E-state index contributed by atoms with van der Waals surface area (Å²) in [7, 11) is 1.68. The van der Waals surface area contributed by atoms with E-state index in [-0.39, 0.29) is 10.6 Å². The minimum absolute atomic E-state index is 0.168. The second kappa shape index (κ2) is 9.30. The van der Waals surface area contributed by atoms with Gasteiger partial charge in [0.15, 0.2) is 0 Å². The molecule has 0 aliphatic heterocycles. The zero-order valence-corrected chi connectivity index (χ0v) is 14.7. The van der Waals surface area contributed by atoms with Gasteiger partial charge in [-0.25, -0.2) is 0 Å². The van der Waals surface area contributed by atoms with E-state index in [0.717, 1.165) is 22.9 Å². The Morgan fingerprint density at radius 3 is 2.67 bits per heavy atom. The van der Waals surface area contributed by atoms with E-state index in [4.69, 9.17) is 4.74 Å². The molecule has 0 spiro atoms. The maximum Gasteiger partial charge on any atom is 0.273 e. The highest BCUT2D eigenvalue weighted by Crippen LogP contribution is 2.29. The van der Waals surface area contributed by atoms with Gasteiger partial charge in [0, 0.05) is 28.8 Å². The highest BCUT2D eigenvalue weighted by atomic mass is 32.2. The number of hydrogen-bond donors (Lipinski definition) is 1. The molecule has 0 bridgehead atoms. The van der Waals surface area contributed by atoms with Crippen LogP contribution in [0.2, 0.25) is 0 Å². The van der Waals surface area contributed by atoms with Crippen molar-refractivity contribution in [2.45, 2.75) is 18.4 Å². The molecule has 2 rings (SSSR count). The van der Waals surface area contributed by atoms with Crippen LogP contribution in [0.15, 0.2) is 53.4 Å². The fraction of sp³-hybridized carbons (Fsp3) is 0.333. The van der Waals surface area contributed by atoms with Crippen LogP contribution in [0, 0.1) is 16.0 Å². The predicted octanol–water partition coefficient (Wildman–Crippen LogP) is 4.12. The molecule has 0 aliphatic carbocycles. The average molecular weight is 346 g/mol. The maximum atomic E-state index is 11.0. The minimum Gasteiger partial charge on any atom is -0.496 e. The van der Waals surface area contributed by atoms with E-state index in [1.807, 2.05) is 24.3 Å². The molecule has 0 heterocycles. The van der Waals surface area contributed by atoms with Crippen LogP contribution in [0.5, 0.6) is 5.75 Å². The third kappa shape index (κ3) is 5.25. The minimum atomic E-state index is -0.335. The lowest BCUT2D eigenvalue weighted by Crippen LogP contribution is -2.22. The van der Waals surface area contributed by atoms with E-state index >= 15 is 0 Å². The number of hydrogen-bond acceptors (Lipinski definition) is 5. The Morgan fingerprint density at radius 1 is 1.21 bits per heavy atom. The van der Waals surface area contributed by atoms with Gasteiger partial charge in [0.05, 0.1) is 12.0 Å². The molecule has 6 heteroatoms. The topological polar surface area (TPSA) is 64.4 Å². The van der Waals surface area contributed by atoms with E-state index in [1.165, 1.54) is 6.07 Å². The number of rotatable bonds is 9. The van der Waals surface area contributed by atoms with Crippen molar-refractivity contribution in [2.75, 3.05) is 19.4 Å². The van der Waals surface area contributed by atoms with E-state index in [1.54, 1.807) is 31.0 Å². The first kappa shape index (κ1) is 18.3. The van der Waals surface area contributed by atoms with Gasteiger partial charge in [-0.15, -0.1) is 11.8 Å². The molecule has 0 aromatic heterocycles. The molecule has 0 amide bonds. The Bertz CT molecular complexity index is 679. The Hall–Kier alpha value is -2.05. The number of nitrogens with zero attached hydrogens (tertiary/aromatic N) is 1. The summed E-state index contributed by atoms with van der Waals surface area (Å²) in [6.45, 7) is 3.46. The maximum absolute atomic E-state index is 11.0. The van der Waals surface area contributed by atoms with Gasteiger partial charge in [-0.1, -0.05) is 37.3 Å². The number of ether oxygens (including phenoxy) is 1. The van der Waals surface area contributed by atoms with Crippen molar-refractivity contribution in [3.8, 4) is 5.75 Å². The van der Waals surface area contributed by atoms with Crippen molar-refractivity contribution < 1.29 is 9.66 Å². The SMILES string of the molecule is COc1ccccc1SCC(C)CNCc1ccccc1[N+](=O)[O-]. The zero-order valence-electron chi connectivity index (χ0n) is 13.9. The summed E-state index contributed by atoms with van der Waals surface area (Å²) in [6, 6.07) is 14.8. The number of nitro groups is 1. The molecule has 2 aromatic carbocycles. The number of benzene rings is 2. The molecule has 0 aliphatic rings. The van der Waals surface area contributed by atoms with Crippen LogP contribution in [0.25, 0.3) is 0 Å². The second-order valence-corrected chi connectivity index (χ2v) is 6.65. The average Bonchev–Trinajstić information content (AvgIpc) is 2.60. The van der Waals surface area contributed by atoms with Gasteiger partial charge in [-0.3, -0.25) is 10.1 Å². The first-order chi connectivity index (χ1) is 11.6. The van der Waals surface area contributed by atoms with Crippen LogP contribution >= 0.6 is 11.8 Å². The van der Waals surface area contributed by atoms with Crippen LogP contribution in [0.1, 0.15) is 12.5 Å². The van der Waals surface area contributed by atoms with E-state index < -0.39 is 0 Å². The monoisotopic (exact) mass is 346 g/mol. The quantitative estimate of drug-likeness (QED) is 0.420. The molecule has 1 unspecified atom stereocenters. The molecule has 0 radical (unpaired) electrons. The van der Waals surface area contributed by atoms with Crippen LogP contribution in [0.4, 0.5) is 5.69 Å². The number of nitro benzene ring substituents is 1. The lowest BCUT2D eigenvalue weighted by atomic mass is 10.1. The van der Waals surface area contributed by atoms with E-state index in [0.29, 0.717) is 18.0 Å². The summed E-state index contributed by atoms with van der Waals surface area (Å²) in [5.41, 5.74) is 0.883. The normalized spacial score (nSPS) is 11.9. The van der Waals surface area contributed by atoms with Crippen LogP contribution in [-0.2, 0) is 6.54 Å². The first-order valence-electron chi connectivity index (χ1n) is 7.80. The summed E-state index contributed by atoms with van der Waals surface area (Å²) >= 11 is 1.76. The number of methoxy groups -OCH3 is 1. The molecule has 2 aromatic rings. The summed E-state index contributed by atoms with van der Waals surface area (Å²) in [5, 5.41) is 14.3. The standard InChI is InChI=1S/C18H22N2O3S/c1-14(13-24-18-10-6-5-9-17(18)23-2)11-19-12-15-7-3-4-8-16(15)20(21)22/h3-10,14,19H,11-13H2,1-2H3.